The van der Waals surface area contributed by atoms with Crippen LogP contribution in [0.25, 0.3) is 0 Å². The molecule has 2 rings (SSSR count). The van der Waals surface area contributed by atoms with Crippen LogP contribution in [0.15, 0.2) is 60.7 Å². The maximum atomic E-state index is 12.5. The second-order valence-corrected chi connectivity index (χ2v) is 4.93. The van der Waals surface area contributed by atoms with Gasteiger partial charge in [-0.05, 0) is 11.1 Å². The van der Waals surface area contributed by atoms with Gasteiger partial charge in [-0.15, -0.1) is 5.54 Å². The summed E-state index contributed by atoms with van der Waals surface area (Å²) in [6.07, 6.45) is 0.460. The first-order valence-electron chi connectivity index (χ1n) is 6.59. The van der Waals surface area contributed by atoms with Gasteiger partial charge in [-0.1, -0.05) is 66.6 Å². The van der Waals surface area contributed by atoms with Crippen LogP contribution in [0.5, 0.6) is 0 Å². The van der Waals surface area contributed by atoms with Crippen molar-refractivity contribution in [1.82, 2.24) is 0 Å². The lowest BCUT2D eigenvalue weighted by molar-refractivity contribution is -0.145. The van der Waals surface area contributed by atoms with Gasteiger partial charge in [0.05, 0.1) is 7.11 Å². The van der Waals surface area contributed by atoms with Crippen molar-refractivity contribution in [3.05, 3.63) is 71.8 Å². The zero-order valence-corrected chi connectivity index (χ0v) is 12.8. The molecule has 0 bridgehead atoms. The van der Waals surface area contributed by atoms with Crippen LogP contribution in [0.2, 0.25) is 0 Å². The number of ether oxygens (including phenoxy) is 1. The van der Waals surface area contributed by atoms with E-state index in [-0.39, 0.29) is 5.97 Å². The molecule has 0 aliphatic carbocycles. The minimum absolute atomic E-state index is 0.358. The number of hydrogen-bond acceptors (Lipinski definition) is 2. The number of carbonyl (C=O) groups is 1. The van der Waals surface area contributed by atoms with Crippen molar-refractivity contribution in [2.24, 2.45) is 0 Å². The molecule has 1 atom stereocenters. The Morgan fingerprint density at radius 3 is 2.19 bits per heavy atom. The molecular weight excluding hydrogens is 276 g/mol. The van der Waals surface area contributed by atoms with E-state index in [4.69, 9.17) is 4.74 Å². The second-order valence-electron chi connectivity index (χ2n) is 4.68. The minimum atomic E-state index is -1.01. The zero-order chi connectivity index (χ0) is 15.1. The summed E-state index contributed by atoms with van der Waals surface area (Å²) in [4.78, 5) is 12.5. The Morgan fingerprint density at radius 1 is 1.10 bits per heavy atom. The highest BCUT2D eigenvalue weighted by atomic mass is 28.1. The van der Waals surface area contributed by atoms with Crippen LogP contribution in [0, 0.1) is 11.5 Å². The van der Waals surface area contributed by atoms with Crippen LogP contribution in [-0.2, 0) is 21.4 Å². The fourth-order valence-corrected chi connectivity index (χ4v) is 2.58. The molecule has 21 heavy (non-hydrogen) atoms. The van der Waals surface area contributed by atoms with Crippen molar-refractivity contribution in [3.63, 3.8) is 0 Å². The van der Waals surface area contributed by atoms with Gasteiger partial charge >= 0.3 is 5.97 Å². The Hall–Kier alpha value is -2.31. The van der Waals surface area contributed by atoms with Gasteiger partial charge in [0.15, 0.2) is 5.41 Å². The predicted octanol–water partition coefficient (Wildman–Crippen LogP) is 2.47. The molecule has 3 heteroatoms. The van der Waals surface area contributed by atoms with Gasteiger partial charge in [0.2, 0.25) is 0 Å². The SMILES string of the molecule is COC(=O)C(C#C[Si])(Cc1ccccc1)c1ccccc1. The first-order chi connectivity index (χ1) is 10.2. The van der Waals surface area contributed by atoms with E-state index in [0.29, 0.717) is 6.42 Å². The number of rotatable bonds is 4. The van der Waals surface area contributed by atoms with Crippen LogP contribution in [0.1, 0.15) is 11.1 Å². The normalized spacial score (nSPS) is 12.7. The fraction of sp³-hybridized carbons (Fsp3) is 0.167. The highest BCUT2D eigenvalue weighted by Crippen LogP contribution is 2.29. The molecule has 2 nitrogen and oxygen atoms in total. The molecule has 1 unspecified atom stereocenters. The molecular formula is C18H15O2Si. The number of hydrogen-bond donors (Lipinski definition) is 0. The fourth-order valence-electron chi connectivity index (χ4n) is 2.37. The molecule has 0 saturated carbocycles. The summed E-state index contributed by atoms with van der Waals surface area (Å²) >= 11 is 0. The average molecular weight is 291 g/mol. The van der Waals surface area contributed by atoms with Crippen molar-refractivity contribution in [2.45, 2.75) is 11.8 Å². The molecule has 0 heterocycles. The molecule has 0 aliphatic heterocycles. The van der Waals surface area contributed by atoms with Crippen molar-refractivity contribution in [2.75, 3.05) is 7.11 Å². The van der Waals surface area contributed by atoms with Crippen molar-refractivity contribution in [3.8, 4) is 11.5 Å². The Bertz CT molecular complexity index is 656. The molecule has 0 aromatic heterocycles. The molecule has 0 amide bonds. The Morgan fingerprint density at radius 2 is 1.67 bits per heavy atom. The molecule has 0 fully saturated rings. The van der Waals surface area contributed by atoms with Gasteiger partial charge < -0.3 is 4.74 Å². The van der Waals surface area contributed by atoms with Crippen molar-refractivity contribution in [1.29, 1.82) is 0 Å². The Kier molecular flexibility index (Phi) is 4.97. The number of esters is 1. The van der Waals surface area contributed by atoms with Crippen molar-refractivity contribution >= 4 is 16.2 Å². The van der Waals surface area contributed by atoms with Crippen LogP contribution in [-0.4, -0.2) is 23.3 Å². The van der Waals surface area contributed by atoms with E-state index >= 15 is 0 Å². The summed E-state index contributed by atoms with van der Waals surface area (Å²) in [6.45, 7) is 0. The second kappa shape index (κ2) is 6.92. The van der Waals surface area contributed by atoms with Crippen LogP contribution < -0.4 is 0 Å². The summed E-state index contributed by atoms with van der Waals surface area (Å²) in [5.74, 6) is 2.64. The molecule has 2 aromatic rings. The largest absolute Gasteiger partial charge is 0.468 e. The summed E-state index contributed by atoms with van der Waals surface area (Å²) in [5.41, 5.74) is 3.54. The van der Waals surface area contributed by atoms with Crippen LogP contribution in [0.3, 0.4) is 0 Å². The molecule has 103 valence electrons. The first-order valence-corrected chi connectivity index (χ1v) is 7.09. The highest BCUT2D eigenvalue weighted by Gasteiger charge is 2.40. The van der Waals surface area contributed by atoms with Gasteiger partial charge in [-0.25, -0.2) is 0 Å². The standard InChI is InChI=1S/C18H15O2Si/c1-20-17(19)18(12-13-21,16-10-6-3-7-11-16)14-15-8-4-2-5-9-15/h2-11H,14H2,1H3. The lowest BCUT2D eigenvalue weighted by Gasteiger charge is -2.26. The van der Waals surface area contributed by atoms with Crippen LogP contribution in [0.4, 0.5) is 0 Å². The molecule has 3 radical (unpaired) electrons. The number of carbonyl (C=O) groups excluding carboxylic acids is 1. The summed E-state index contributed by atoms with van der Waals surface area (Å²) in [7, 11) is 4.56. The van der Waals surface area contributed by atoms with E-state index < -0.39 is 5.41 Å². The Labute approximate surface area is 128 Å². The van der Waals surface area contributed by atoms with Crippen molar-refractivity contribution < 1.29 is 9.53 Å². The average Bonchev–Trinajstić information content (AvgIpc) is 2.55. The summed E-state index contributed by atoms with van der Waals surface area (Å²) < 4.78 is 5.03. The maximum Gasteiger partial charge on any atom is 0.328 e. The third kappa shape index (κ3) is 3.23. The topological polar surface area (TPSA) is 26.3 Å². The van der Waals surface area contributed by atoms with E-state index in [1.54, 1.807) is 0 Å². The van der Waals surface area contributed by atoms with Gasteiger partial charge in [-0.2, -0.15) is 0 Å². The third-order valence-corrected chi connectivity index (χ3v) is 3.51. The highest BCUT2D eigenvalue weighted by molar-refractivity contribution is 6.22. The molecule has 0 N–H and O–H groups in total. The minimum Gasteiger partial charge on any atom is -0.468 e. The van der Waals surface area contributed by atoms with Gasteiger partial charge in [0, 0.05) is 6.42 Å². The maximum absolute atomic E-state index is 12.5. The van der Waals surface area contributed by atoms with E-state index in [1.807, 2.05) is 60.7 Å². The summed E-state index contributed by atoms with van der Waals surface area (Å²) in [5, 5.41) is 0. The molecule has 2 aromatic carbocycles. The van der Waals surface area contributed by atoms with Gasteiger partial charge in [-0.3, -0.25) is 4.79 Å². The lowest BCUT2D eigenvalue weighted by Crippen LogP contribution is -2.38. The van der Waals surface area contributed by atoms with E-state index in [2.05, 4.69) is 21.7 Å². The smallest absolute Gasteiger partial charge is 0.328 e. The molecule has 0 saturated heterocycles. The van der Waals surface area contributed by atoms with E-state index in [9.17, 15) is 4.79 Å². The third-order valence-electron chi connectivity index (χ3n) is 3.39. The quantitative estimate of drug-likeness (QED) is 0.491. The summed E-state index contributed by atoms with van der Waals surface area (Å²) in [6, 6.07) is 19.3. The van der Waals surface area contributed by atoms with Crippen LogP contribution >= 0.6 is 0 Å². The zero-order valence-electron chi connectivity index (χ0n) is 11.8. The number of benzene rings is 2. The number of methoxy groups -OCH3 is 1. The van der Waals surface area contributed by atoms with Gasteiger partial charge in [0.1, 0.15) is 10.2 Å². The van der Waals surface area contributed by atoms with E-state index in [0.717, 1.165) is 11.1 Å². The lowest BCUT2D eigenvalue weighted by atomic mass is 9.76. The molecule has 0 spiro atoms. The van der Waals surface area contributed by atoms with E-state index in [1.165, 1.54) is 7.11 Å². The first kappa shape index (κ1) is 15.1. The predicted molar refractivity (Wildman–Crippen MR) is 83.8 cm³/mol. The van der Waals surface area contributed by atoms with Gasteiger partial charge in [0.25, 0.3) is 0 Å². The molecule has 0 aliphatic rings. The Balaban J connectivity index is 2.56. The monoisotopic (exact) mass is 291 g/mol.